The molecular weight excluding hydrogens is 352 g/mol. The van der Waals surface area contributed by atoms with Gasteiger partial charge >= 0.3 is 5.95 Å². The minimum Gasteiger partial charge on any atom is -0.491 e. The van der Waals surface area contributed by atoms with Gasteiger partial charge < -0.3 is 14.7 Å². The number of nitrogen functional groups attached to an aromatic ring is 1. The van der Waals surface area contributed by atoms with Crippen molar-refractivity contribution in [1.82, 2.24) is 9.47 Å². The highest BCUT2D eigenvalue weighted by atomic mass is 16.5. The fourth-order valence-electron chi connectivity index (χ4n) is 3.49. The summed E-state index contributed by atoms with van der Waals surface area (Å²) in [6.45, 7) is 8.74. The number of imidazole rings is 1. The van der Waals surface area contributed by atoms with Crippen molar-refractivity contribution in [2.75, 3.05) is 32.0 Å². The van der Waals surface area contributed by atoms with Gasteiger partial charge in [0.1, 0.15) is 36.0 Å². The largest absolute Gasteiger partial charge is 0.491 e. The molecule has 0 bridgehead atoms. The number of hydrogen-bond acceptors (Lipinski definition) is 4. The van der Waals surface area contributed by atoms with Crippen molar-refractivity contribution in [2.45, 2.75) is 33.0 Å². The van der Waals surface area contributed by atoms with Gasteiger partial charge in [0.05, 0.1) is 6.54 Å². The van der Waals surface area contributed by atoms with Crippen molar-refractivity contribution in [3.8, 4) is 5.75 Å². The number of benzene rings is 2. The van der Waals surface area contributed by atoms with E-state index >= 15 is 0 Å². The van der Waals surface area contributed by atoms with E-state index in [1.807, 2.05) is 53.1 Å². The SMILES string of the molecule is CCN(CC)CCn1c(N)[n+](C[C@H](O)COc2ccccc2)c2ccccc21. The monoisotopic (exact) mass is 383 g/mol. The Hall–Kier alpha value is -2.57. The van der Waals surface area contributed by atoms with Gasteiger partial charge in [-0.15, -0.1) is 0 Å². The van der Waals surface area contributed by atoms with E-state index in [2.05, 4.69) is 29.4 Å². The van der Waals surface area contributed by atoms with Crippen LogP contribution in [-0.4, -0.2) is 46.9 Å². The molecule has 28 heavy (non-hydrogen) atoms. The maximum atomic E-state index is 10.5. The van der Waals surface area contributed by atoms with E-state index in [-0.39, 0.29) is 6.61 Å². The fourth-order valence-corrected chi connectivity index (χ4v) is 3.49. The number of aliphatic hydroxyl groups excluding tert-OH is 1. The van der Waals surface area contributed by atoms with E-state index in [0.29, 0.717) is 12.5 Å². The molecule has 0 saturated heterocycles. The van der Waals surface area contributed by atoms with Crippen molar-refractivity contribution in [1.29, 1.82) is 0 Å². The smallest absolute Gasteiger partial charge is 0.356 e. The summed E-state index contributed by atoms with van der Waals surface area (Å²) in [5.41, 5.74) is 8.61. The number of aromatic nitrogens is 2. The first-order chi connectivity index (χ1) is 13.6. The Morgan fingerprint density at radius 3 is 2.46 bits per heavy atom. The number of likely N-dealkylation sites (N-methyl/N-ethyl adjacent to an activating group) is 1. The lowest BCUT2D eigenvalue weighted by atomic mass is 10.3. The molecule has 2 aromatic carbocycles. The third-order valence-electron chi connectivity index (χ3n) is 5.13. The van der Waals surface area contributed by atoms with Gasteiger partial charge in [-0.3, -0.25) is 5.73 Å². The van der Waals surface area contributed by atoms with Gasteiger partial charge in [0.15, 0.2) is 0 Å². The summed E-state index contributed by atoms with van der Waals surface area (Å²) in [6, 6.07) is 17.7. The molecule has 0 aliphatic carbocycles. The lowest BCUT2D eigenvalue weighted by molar-refractivity contribution is -0.665. The van der Waals surface area contributed by atoms with Gasteiger partial charge in [-0.2, -0.15) is 0 Å². The van der Waals surface area contributed by atoms with Crippen LogP contribution in [0.4, 0.5) is 5.95 Å². The van der Waals surface area contributed by atoms with E-state index < -0.39 is 6.10 Å². The lowest BCUT2D eigenvalue weighted by Crippen LogP contribution is -2.44. The van der Waals surface area contributed by atoms with E-state index in [9.17, 15) is 5.11 Å². The lowest BCUT2D eigenvalue weighted by Gasteiger charge is -2.17. The average Bonchev–Trinajstić information content (AvgIpc) is 2.99. The summed E-state index contributed by atoms with van der Waals surface area (Å²) in [5, 5.41) is 10.5. The Labute approximate surface area is 166 Å². The minimum absolute atomic E-state index is 0.218. The Morgan fingerprint density at radius 1 is 1.07 bits per heavy atom. The van der Waals surface area contributed by atoms with Crippen LogP contribution in [0, 0.1) is 0 Å². The number of rotatable bonds is 10. The predicted molar refractivity (Wildman–Crippen MR) is 112 cm³/mol. The molecule has 0 spiro atoms. The van der Waals surface area contributed by atoms with Crippen LogP contribution in [-0.2, 0) is 13.1 Å². The minimum atomic E-state index is -0.658. The van der Waals surface area contributed by atoms with E-state index in [1.165, 1.54) is 0 Å². The third-order valence-corrected chi connectivity index (χ3v) is 5.13. The summed E-state index contributed by atoms with van der Waals surface area (Å²) in [4.78, 5) is 2.38. The molecule has 0 unspecified atom stereocenters. The van der Waals surface area contributed by atoms with Crippen LogP contribution in [0.1, 0.15) is 13.8 Å². The van der Waals surface area contributed by atoms with E-state index in [0.717, 1.165) is 43.0 Å². The summed E-state index contributed by atoms with van der Waals surface area (Å²) in [5.74, 6) is 1.41. The highest BCUT2D eigenvalue weighted by Gasteiger charge is 2.23. The highest BCUT2D eigenvalue weighted by Crippen LogP contribution is 2.17. The molecule has 1 aromatic heterocycles. The zero-order valence-electron chi connectivity index (χ0n) is 16.8. The molecule has 1 atom stereocenters. The second-order valence-electron chi connectivity index (χ2n) is 6.91. The third kappa shape index (κ3) is 4.64. The molecule has 0 amide bonds. The maximum Gasteiger partial charge on any atom is 0.356 e. The van der Waals surface area contributed by atoms with Gasteiger partial charge in [0.25, 0.3) is 0 Å². The molecule has 0 fully saturated rings. The van der Waals surface area contributed by atoms with Gasteiger partial charge in [-0.05, 0) is 37.4 Å². The number of nitrogens with zero attached hydrogens (tertiary/aromatic N) is 3. The highest BCUT2D eigenvalue weighted by molar-refractivity contribution is 5.73. The Kier molecular flexibility index (Phi) is 6.90. The molecule has 3 aromatic rings. The quantitative estimate of drug-likeness (QED) is 0.527. The van der Waals surface area contributed by atoms with Gasteiger partial charge in [-0.25, -0.2) is 9.13 Å². The van der Waals surface area contributed by atoms with Crippen LogP contribution in [0.15, 0.2) is 54.6 Å². The van der Waals surface area contributed by atoms with Crippen LogP contribution in [0.5, 0.6) is 5.75 Å². The Morgan fingerprint density at radius 2 is 1.75 bits per heavy atom. The Balaban J connectivity index is 1.76. The van der Waals surface area contributed by atoms with Gasteiger partial charge in [0, 0.05) is 6.54 Å². The van der Waals surface area contributed by atoms with Crippen LogP contribution in [0.2, 0.25) is 0 Å². The number of aliphatic hydroxyl groups is 1. The standard InChI is InChI=1S/C22H30N4O2/c1-3-24(4-2)14-15-25-20-12-8-9-13-21(20)26(22(25)23)16-18(27)17-28-19-10-6-5-7-11-19/h5-13,18,23,27H,3-4,14-17H2,1-2H3/p+1/t18-/m0/s1. The van der Waals surface area contributed by atoms with E-state index in [1.54, 1.807) is 0 Å². The maximum absolute atomic E-state index is 10.5. The fraction of sp³-hybridized carbons (Fsp3) is 0.409. The van der Waals surface area contributed by atoms with Crippen molar-refractivity contribution >= 4 is 17.0 Å². The summed E-state index contributed by atoms with van der Waals surface area (Å²) in [6.07, 6.45) is -0.658. The second-order valence-corrected chi connectivity index (χ2v) is 6.91. The second kappa shape index (κ2) is 9.57. The molecular formula is C22H31N4O2+. The molecule has 3 N–H and O–H groups in total. The molecule has 6 nitrogen and oxygen atoms in total. The number of nitrogens with two attached hydrogens (primary N) is 1. The molecule has 0 radical (unpaired) electrons. The van der Waals surface area contributed by atoms with Crippen molar-refractivity contribution in [3.63, 3.8) is 0 Å². The number of ether oxygens (including phenoxy) is 1. The van der Waals surface area contributed by atoms with Crippen molar-refractivity contribution in [2.24, 2.45) is 0 Å². The molecule has 0 saturated carbocycles. The topological polar surface area (TPSA) is 67.5 Å². The Bertz CT molecular complexity index is 875. The first-order valence-electron chi connectivity index (χ1n) is 9.98. The first-order valence-corrected chi connectivity index (χ1v) is 9.98. The van der Waals surface area contributed by atoms with Crippen molar-refractivity contribution in [3.05, 3.63) is 54.6 Å². The predicted octanol–water partition coefficient (Wildman–Crippen LogP) is 2.29. The summed E-state index contributed by atoms with van der Waals surface area (Å²) >= 11 is 0. The summed E-state index contributed by atoms with van der Waals surface area (Å²) < 4.78 is 9.81. The molecule has 150 valence electrons. The molecule has 0 aliphatic heterocycles. The number of para-hydroxylation sites is 3. The van der Waals surface area contributed by atoms with Crippen LogP contribution < -0.4 is 15.0 Å². The molecule has 1 heterocycles. The molecule has 0 aliphatic rings. The molecule has 6 heteroatoms. The zero-order chi connectivity index (χ0) is 19.9. The normalized spacial score (nSPS) is 12.6. The zero-order valence-corrected chi connectivity index (χ0v) is 16.8. The van der Waals surface area contributed by atoms with Crippen LogP contribution >= 0.6 is 0 Å². The van der Waals surface area contributed by atoms with E-state index in [4.69, 9.17) is 10.5 Å². The van der Waals surface area contributed by atoms with Gasteiger partial charge in [0.2, 0.25) is 0 Å². The van der Waals surface area contributed by atoms with Crippen LogP contribution in [0.3, 0.4) is 0 Å². The number of anilines is 1. The average molecular weight is 384 g/mol. The first kappa shape index (κ1) is 20.2. The van der Waals surface area contributed by atoms with Crippen LogP contribution in [0.25, 0.3) is 11.0 Å². The summed E-state index contributed by atoms with van der Waals surface area (Å²) in [7, 11) is 0. The molecule has 3 rings (SSSR count). The number of fused-ring (bicyclic) bond motifs is 1. The van der Waals surface area contributed by atoms with Crippen molar-refractivity contribution < 1.29 is 14.4 Å². The van der Waals surface area contributed by atoms with Gasteiger partial charge in [-0.1, -0.05) is 44.2 Å². The number of hydrogen-bond donors (Lipinski definition) is 2.